The van der Waals surface area contributed by atoms with E-state index < -0.39 is 0 Å². The monoisotopic (exact) mass is 256 g/mol. The van der Waals surface area contributed by atoms with Crippen molar-refractivity contribution >= 4 is 0 Å². The molecule has 2 rings (SSSR count). The van der Waals surface area contributed by atoms with Gasteiger partial charge in [0.25, 0.3) is 0 Å². The Labute approximate surface area is 114 Å². The summed E-state index contributed by atoms with van der Waals surface area (Å²) < 4.78 is 5.53. The van der Waals surface area contributed by atoms with Crippen molar-refractivity contribution in [3.63, 3.8) is 0 Å². The fraction of sp³-hybridized carbons (Fsp3) is 0.294. The molecule has 0 radical (unpaired) electrons. The predicted molar refractivity (Wildman–Crippen MR) is 78.5 cm³/mol. The first kappa shape index (κ1) is 13.6. The van der Waals surface area contributed by atoms with Gasteiger partial charge >= 0.3 is 0 Å². The summed E-state index contributed by atoms with van der Waals surface area (Å²) in [4.78, 5) is 0. The average molecular weight is 256 g/mol. The Morgan fingerprint density at radius 1 is 1.00 bits per heavy atom. The molecule has 100 valence electrons. The summed E-state index contributed by atoms with van der Waals surface area (Å²) in [5, 5.41) is 8.71. The van der Waals surface area contributed by atoms with E-state index in [9.17, 15) is 0 Å². The molecule has 2 nitrogen and oxygen atoms in total. The summed E-state index contributed by atoms with van der Waals surface area (Å²) in [6.45, 7) is 4.95. The Kier molecular flexibility index (Phi) is 4.58. The van der Waals surface area contributed by atoms with Gasteiger partial charge in [-0.15, -0.1) is 0 Å². The maximum absolute atomic E-state index is 8.71. The van der Waals surface area contributed by atoms with E-state index in [0.29, 0.717) is 13.0 Å². The highest BCUT2D eigenvalue weighted by atomic mass is 16.5. The van der Waals surface area contributed by atoms with Crippen molar-refractivity contribution in [3.05, 3.63) is 53.6 Å². The number of aryl methyl sites for hydroxylation is 2. The molecule has 0 atom stereocenters. The van der Waals surface area contributed by atoms with Crippen molar-refractivity contribution in [1.29, 1.82) is 0 Å². The molecule has 0 unspecified atom stereocenters. The van der Waals surface area contributed by atoms with E-state index in [1.807, 2.05) is 12.1 Å². The molecule has 2 heteroatoms. The van der Waals surface area contributed by atoms with Crippen molar-refractivity contribution in [2.45, 2.75) is 20.3 Å². The van der Waals surface area contributed by atoms with Crippen LogP contribution in [-0.2, 0) is 0 Å². The maximum Gasteiger partial charge on any atom is 0.119 e. The minimum Gasteiger partial charge on any atom is -0.494 e. The number of aliphatic hydroxyl groups is 1. The van der Waals surface area contributed by atoms with E-state index in [0.717, 1.165) is 5.75 Å². The first-order valence-electron chi connectivity index (χ1n) is 6.62. The second-order valence-corrected chi connectivity index (χ2v) is 4.77. The molecule has 0 heterocycles. The van der Waals surface area contributed by atoms with E-state index >= 15 is 0 Å². The molecule has 0 spiro atoms. The first-order valence-corrected chi connectivity index (χ1v) is 6.62. The summed E-state index contributed by atoms with van der Waals surface area (Å²) in [6, 6.07) is 14.6. The third-order valence-corrected chi connectivity index (χ3v) is 3.13. The van der Waals surface area contributed by atoms with E-state index in [1.54, 1.807) is 0 Å². The molecule has 0 saturated heterocycles. The summed E-state index contributed by atoms with van der Waals surface area (Å²) in [6.07, 6.45) is 0.665. The quantitative estimate of drug-likeness (QED) is 0.826. The summed E-state index contributed by atoms with van der Waals surface area (Å²) >= 11 is 0. The van der Waals surface area contributed by atoms with Crippen molar-refractivity contribution < 1.29 is 9.84 Å². The van der Waals surface area contributed by atoms with Crippen molar-refractivity contribution in [1.82, 2.24) is 0 Å². The fourth-order valence-electron chi connectivity index (χ4n) is 2.03. The summed E-state index contributed by atoms with van der Waals surface area (Å²) in [5.74, 6) is 0.850. The Morgan fingerprint density at radius 3 is 2.42 bits per heavy atom. The minimum absolute atomic E-state index is 0.167. The molecule has 0 aromatic heterocycles. The number of rotatable bonds is 5. The zero-order valence-corrected chi connectivity index (χ0v) is 11.5. The van der Waals surface area contributed by atoms with Crippen LogP contribution >= 0.6 is 0 Å². The molecule has 0 saturated carbocycles. The predicted octanol–water partition coefficient (Wildman–Crippen LogP) is 3.73. The van der Waals surface area contributed by atoms with Crippen molar-refractivity contribution in [3.8, 4) is 16.9 Å². The Morgan fingerprint density at radius 2 is 1.74 bits per heavy atom. The zero-order valence-electron chi connectivity index (χ0n) is 11.5. The highest BCUT2D eigenvalue weighted by Crippen LogP contribution is 2.26. The van der Waals surface area contributed by atoms with Crippen LogP contribution in [0.4, 0.5) is 0 Å². The lowest BCUT2D eigenvalue weighted by Crippen LogP contribution is -1.99. The maximum atomic E-state index is 8.71. The number of hydrogen-bond donors (Lipinski definition) is 1. The molecule has 0 fully saturated rings. The standard InChI is InChI=1S/C17H20O2/c1-13-4-5-14(2)17(12-13)15-6-8-16(9-7-15)19-11-3-10-18/h4-9,12,18H,3,10-11H2,1-2H3. The fourth-order valence-corrected chi connectivity index (χ4v) is 2.03. The minimum atomic E-state index is 0.167. The van der Waals surface area contributed by atoms with E-state index in [-0.39, 0.29) is 6.61 Å². The number of benzene rings is 2. The number of ether oxygens (including phenoxy) is 1. The molecular formula is C17H20O2. The first-order chi connectivity index (χ1) is 9.20. The normalized spacial score (nSPS) is 10.5. The van der Waals surface area contributed by atoms with E-state index in [2.05, 4.69) is 44.2 Å². The lowest BCUT2D eigenvalue weighted by molar-refractivity contribution is 0.233. The molecule has 0 aliphatic carbocycles. The molecule has 19 heavy (non-hydrogen) atoms. The van der Waals surface area contributed by atoms with Gasteiger partial charge < -0.3 is 9.84 Å². The number of hydrogen-bond acceptors (Lipinski definition) is 2. The van der Waals surface area contributed by atoms with Gasteiger partial charge in [-0.1, -0.05) is 35.9 Å². The smallest absolute Gasteiger partial charge is 0.119 e. The van der Waals surface area contributed by atoms with Gasteiger partial charge in [0.15, 0.2) is 0 Å². The van der Waals surface area contributed by atoms with Crippen LogP contribution in [0.3, 0.4) is 0 Å². The van der Waals surface area contributed by atoms with Gasteiger partial charge in [0.2, 0.25) is 0 Å². The van der Waals surface area contributed by atoms with Crippen LogP contribution in [0.25, 0.3) is 11.1 Å². The molecule has 0 aliphatic rings. The molecule has 0 aliphatic heterocycles. The third kappa shape index (κ3) is 3.58. The molecule has 0 bridgehead atoms. The van der Waals surface area contributed by atoms with Crippen LogP contribution in [0, 0.1) is 13.8 Å². The van der Waals surface area contributed by atoms with Gasteiger partial charge in [0.05, 0.1) is 6.61 Å². The lowest BCUT2D eigenvalue weighted by atomic mass is 9.98. The van der Waals surface area contributed by atoms with Crippen LogP contribution in [0.5, 0.6) is 5.75 Å². The lowest BCUT2D eigenvalue weighted by Gasteiger charge is -2.09. The van der Waals surface area contributed by atoms with Gasteiger partial charge in [-0.05, 0) is 42.7 Å². The zero-order chi connectivity index (χ0) is 13.7. The molecule has 2 aromatic rings. The van der Waals surface area contributed by atoms with Crippen molar-refractivity contribution in [2.24, 2.45) is 0 Å². The van der Waals surface area contributed by atoms with Crippen LogP contribution in [0.1, 0.15) is 17.5 Å². The molecule has 1 N–H and O–H groups in total. The SMILES string of the molecule is Cc1ccc(C)c(-c2ccc(OCCCO)cc2)c1. The van der Waals surface area contributed by atoms with Crippen LogP contribution < -0.4 is 4.74 Å². The van der Waals surface area contributed by atoms with Gasteiger partial charge in [-0.25, -0.2) is 0 Å². The van der Waals surface area contributed by atoms with Gasteiger partial charge in [0.1, 0.15) is 5.75 Å². The van der Waals surface area contributed by atoms with Crippen LogP contribution in [-0.4, -0.2) is 18.3 Å². The van der Waals surface area contributed by atoms with Crippen LogP contribution in [0.2, 0.25) is 0 Å². The van der Waals surface area contributed by atoms with E-state index in [4.69, 9.17) is 9.84 Å². The summed E-state index contributed by atoms with van der Waals surface area (Å²) in [5.41, 5.74) is 5.01. The average Bonchev–Trinajstić information content (AvgIpc) is 2.43. The van der Waals surface area contributed by atoms with E-state index in [1.165, 1.54) is 22.3 Å². The van der Waals surface area contributed by atoms with Crippen molar-refractivity contribution in [2.75, 3.05) is 13.2 Å². The largest absolute Gasteiger partial charge is 0.494 e. The Bertz CT molecular complexity index is 529. The van der Waals surface area contributed by atoms with Gasteiger partial charge in [-0.2, -0.15) is 0 Å². The summed E-state index contributed by atoms with van der Waals surface area (Å²) in [7, 11) is 0. The van der Waals surface area contributed by atoms with Gasteiger partial charge in [-0.3, -0.25) is 0 Å². The molecule has 0 amide bonds. The third-order valence-electron chi connectivity index (χ3n) is 3.13. The second-order valence-electron chi connectivity index (χ2n) is 4.77. The highest BCUT2D eigenvalue weighted by Gasteiger charge is 2.02. The topological polar surface area (TPSA) is 29.5 Å². The Balaban J connectivity index is 2.15. The highest BCUT2D eigenvalue weighted by molar-refractivity contribution is 5.68. The Hall–Kier alpha value is -1.80. The van der Waals surface area contributed by atoms with Gasteiger partial charge in [0, 0.05) is 13.0 Å². The van der Waals surface area contributed by atoms with Crippen LogP contribution in [0.15, 0.2) is 42.5 Å². The second kappa shape index (κ2) is 6.39. The number of aliphatic hydroxyl groups excluding tert-OH is 1. The molecule has 2 aromatic carbocycles. The molecular weight excluding hydrogens is 236 g/mol.